The smallest absolute Gasteiger partial charge is 0.354 e. The molecule has 2 aromatic heterocycles. The Morgan fingerprint density at radius 3 is 2.65 bits per heavy atom. The van der Waals surface area contributed by atoms with E-state index >= 15 is 0 Å². The number of aromatic nitrogens is 1. The van der Waals surface area contributed by atoms with Crippen LogP contribution in [-0.4, -0.2) is 10.5 Å². The minimum Gasteiger partial charge on any atom is -0.423 e. The van der Waals surface area contributed by atoms with Gasteiger partial charge in [0.1, 0.15) is 23.0 Å². The Labute approximate surface area is 181 Å². The molecule has 2 heterocycles. The molecule has 0 spiro atoms. The van der Waals surface area contributed by atoms with E-state index in [0.29, 0.717) is 5.58 Å². The highest BCUT2D eigenvalue weighted by Gasteiger charge is 2.16. The summed E-state index contributed by atoms with van der Waals surface area (Å²) in [5, 5.41) is 10.3. The van der Waals surface area contributed by atoms with Crippen LogP contribution in [0.3, 0.4) is 0 Å². The molecule has 160 valence electrons. The van der Waals surface area contributed by atoms with Crippen molar-refractivity contribution in [2.75, 3.05) is 0 Å². The Hall–Kier alpha value is -3.59. The van der Waals surface area contributed by atoms with Crippen molar-refractivity contribution >= 4 is 23.0 Å². The number of hydrogen-bond donors (Lipinski definition) is 0. The number of ether oxygens (including phenoxy) is 1. The Bertz CT molecular complexity index is 1250. The molecule has 0 atom stereocenters. The molecule has 31 heavy (non-hydrogen) atoms. The Kier molecular flexibility index (Phi) is 6.76. The Balaban J connectivity index is 1.90. The van der Waals surface area contributed by atoms with Crippen LogP contribution in [0.4, 0.5) is 0 Å². The second kappa shape index (κ2) is 9.48. The van der Waals surface area contributed by atoms with Crippen LogP contribution < -0.4 is 10.4 Å². The monoisotopic (exact) mass is 418 g/mol. The zero-order valence-corrected chi connectivity index (χ0v) is 18.3. The average Bonchev–Trinajstić information content (AvgIpc) is 2.99. The number of carbonyl (C=O) groups excluding carboxylic acids is 1. The van der Waals surface area contributed by atoms with Gasteiger partial charge in [0.15, 0.2) is 0 Å². The van der Waals surface area contributed by atoms with Gasteiger partial charge >= 0.3 is 11.6 Å². The van der Waals surface area contributed by atoms with Gasteiger partial charge in [0.25, 0.3) is 0 Å². The number of hydrogen-bond acceptors (Lipinski definition) is 5. The fourth-order valence-electron chi connectivity index (χ4n) is 3.75. The molecule has 3 rings (SSSR count). The van der Waals surface area contributed by atoms with Gasteiger partial charge in [0.2, 0.25) is 0 Å². The maximum absolute atomic E-state index is 12.6. The molecular formula is C25H26N2O4. The molecule has 6 nitrogen and oxygen atoms in total. The minimum atomic E-state index is -0.755. The van der Waals surface area contributed by atoms with Crippen LogP contribution >= 0.6 is 0 Å². The predicted octanol–water partition coefficient (Wildman–Crippen LogP) is 5.09. The molecule has 6 heteroatoms. The lowest BCUT2D eigenvalue weighted by molar-refractivity contribution is -0.129. The van der Waals surface area contributed by atoms with E-state index in [1.54, 1.807) is 18.2 Å². The van der Waals surface area contributed by atoms with Crippen molar-refractivity contribution in [3.05, 3.63) is 68.8 Å². The van der Waals surface area contributed by atoms with Crippen LogP contribution in [0.2, 0.25) is 0 Å². The van der Waals surface area contributed by atoms with E-state index in [2.05, 4.69) is 11.5 Å². The fourth-order valence-corrected chi connectivity index (χ4v) is 3.75. The molecule has 0 aliphatic rings. The molecule has 0 saturated carbocycles. The molecule has 3 aromatic rings. The van der Waals surface area contributed by atoms with Crippen LogP contribution in [0.5, 0.6) is 5.75 Å². The first-order valence-corrected chi connectivity index (χ1v) is 10.4. The highest BCUT2D eigenvalue weighted by Crippen LogP contribution is 2.25. The molecule has 0 fully saturated rings. The molecule has 1 aromatic carbocycles. The van der Waals surface area contributed by atoms with Gasteiger partial charge in [-0.2, -0.15) is 5.26 Å². The summed E-state index contributed by atoms with van der Waals surface area (Å²) in [4.78, 5) is 24.5. The lowest BCUT2D eigenvalue weighted by atomic mass is 10.1. The largest absolute Gasteiger partial charge is 0.423 e. The first-order valence-electron chi connectivity index (χ1n) is 10.4. The predicted molar refractivity (Wildman–Crippen MR) is 120 cm³/mol. The van der Waals surface area contributed by atoms with Crippen molar-refractivity contribution in [3.63, 3.8) is 0 Å². The molecule has 0 bridgehead atoms. The van der Waals surface area contributed by atoms with Gasteiger partial charge in [0.05, 0.1) is 0 Å². The van der Waals surface area contributed by atoms with Crippen LogP contribution in [0.1, 0.15) is 49.2 Å². The van der Waals surface area contributed by atoms with Crippen LogP contribution in [0.15, 0.2) is 45.1 Å². The topological polar surface area (TPSA) is 85.2 Å². The summed E-state index contributed by atoms with van der Waals surface area (Å²) in [5.41, 5.74) is 3.59. The summed E-state index contributed by atoms with van der Waals surface area (Å²) >= 11 is 0. The standard InChI is InChI=1S/C25H26N2O4/c1-5-7-18-13-24(28)31-23-14-21(8-9-22(18)23)30-25(29)20(15-26)12-19-11-16(3)27(10-6-2)17(19)4/h8-9,11-14H,5-7,10H2,1-4H3. The Morgan fingerprint density at radius 2 is 1.97 bits per heavy atom. The Morgan fingerprint density at radius 1 is 1.19 bits per heavy atom. The van der Waals surface area contributed by atoms with E-state index < -0.39 is 11.6 Å². The van der Waals surface area contributed by atoms with Crippen molar-refractivity contribution in [1.82, 2.24) is 4.57 Å². The summed E-state index contributed by atoms with van der Waals surface area (Å²) < 4.78 is 12.9. The SMILES string of the molecule is CCCc1cc(=O)oc2cc(OC(=O)C(C#N)=Cc3cc(C)n(CCC)c3C)ccc12. The lowest BCUT2D eigenvalue weighted by Gasteiger charge is -2.08. The molecule has 0 aliphatic heterocycles. The number of nitrogens with zero attached hydrogens (tertiary/aromatic N) is 2. The lowest BCUT2D eigenvalue weighted by Crippen LogP contribution is -2.10. The van der Waals surface area contributed by atoms with Crippen LogP contribution in [0.25, 0.3) is 17.0 Å². The van der Waals surface area contributed by atoms with Gasteiger partial charge in [-0.3, -0.25) is 0 Å². The molecule has 0 amide bonds. The average molecular weight is 418 g/mol. The number of aryl methyl sites for hydroxylation is 2. The van der Waals surface area contributed by atoms with E-state index in [4.69, 9.17) is 9.15 Å². The highest BCUT2D eigenvalue weighted by molar-refractivity contribution is 5.99. The molecular weight excluding hydrogens is 392 g/mol. The second-order valence-corrected chi connectivity index (χ2v) is 7.54. The van der Waals surface area contributed by atoms with E-state index in [-0.39, 0.29) is 11.3 Å². The quantitative estimate of drug-likeness (QED) is 0.175. The normalized spacial score (nSPS) is 11.5. The van der Waals surface area contributed by atoms with E-state index in [9.17, 15) is 14.9 Å². The number of fused-ring (bicyclic) bond motifs is 1. The molecule has 0 radical (unpaired) electrons. The van der Waals surface area contributed by atoms with Gasteiger partial charge in [-0.05, 0) is 62.1 Å². The third-order valence-corrected chi connectivity index (χ3v) is 5.23. The first kappa shape index (κ1) is 22.1. The maximum atomic E-state index is 12.6. The van der Waals surface area contributed by atoms with Gasteiger partial charge in [-0.15, -0.1) is 0 Å². The van der Waals surface area contributed by atoms with Gasteiger partial charge < -0.3 is 13.7 Å². The van der Waals surface area contributed by atoms with Crippen molar-refractivity contribution in [3.8, 4) is 11.8 Å². The van der Waals surface area contributed by atoms with Gasteiger partial charge in [0, 0.05) is 35.5 Å². The van der Waals surface area contributed by atoms with E-state index in [0.717, 1.165) is 53.7 Å². The number of esters is 1. The summed E-state index contributed by atoms with van der Waals surface area (Å²) in [6.45, 7) is 8.98. The molecule has 0 aliphatic carbocycles. The van der Waals surface area contributed by atoms with Crippen molar-refractivity contribution in [1.29, 1.82) is 5.26 Å². The van der Waals surface area contributed by atoms with Crippen LogP contribution in [-0.2, 0) is 17.8 Å². The first-order chi connectivity index (χ1) is 14.9. The van der Waals surface area contributed by atoms with Crippen molar-refractivity contribution < 1.29 is 13.9 Å². The van der Waals surface area contributed by atoms with Crippen molar-refractivity contribution in [2.45, 2.75) is 53.5 Å². The van der Waals surface area contributed by atoms with E-state index in [1.807, 2.05) is 32.9 Å². The highest BCUT2D eigenvalue weighted by atomic mass is 16.5. The summed E-state index contributed by atoms with van der Waals surface area (Å²) in [6.07, 6.45) is 4.19. The zero-order chi connectivity index (χ0) is 22.5. The fraction of sp³-hybridized carbons (Fsp3) is 0.320. The van der Waals surface area contributed by atoms with Crippen molar-refractivity contribution in [2.24, 2.45) is 0 Å². The summed E-state index contributed by atoms with van der Waals surface area (Å²) in [5.74, 6) is -0.541. The number of nitriles is 1. The van der Waals surface area contributed by atoms with Crippen LogP contribution in [0, 0.1) is 25.2 Å². The van der Waals surface area contributed by atoms with Gasteiger partial charge in [-0.1, -0.05) is 20.3 Å². The minimum absolute atomic E-state index is 0.0990. The number of rotatable bonds is 7. The summed E-state index contributed by atoms with van der Waals surface area (Å²) in [6, 6.07) is 10.3. The number of carbonyl (C=O) groups is 1. The van der Waals surface area contributed by atoms with E-state index in [1.165, 1.54) is 12.1 Å². The molecule has 0 saturated heterocycles. The zero-order valence-electron chi connectivity index (χ0n) is 18.3. The maximum Gasteiger partial charge on any atom is 0.354 e. The van der Waals surface area contributed by atoms with Gasteiger partial charge in [-0.25, -0.2) is 9.59 Å². The second-order valence-electron chi connectivity index (χ2n) is 7.54. The summed E-state index contributed by atoms with van der Waals surface area (Å²) in [7, 11) is 0. The molecule has 0 N–H and O–H groups in total. The third kappa shape index (κ3) is 4.77. The third-order valence-electron chi connectivity index (χ3n) is 5.23. The molecule has 0 unspecified atom stereocenters. The number of benzene rings is 1.